The van der Waals surface area contributed by atoms with Gasteiger partial charge in [0.05, 0.1) is 11.7 Å². The molecular weight excluding hydrogens is 398 g/mol. The molecule has 0 aromatic carbocycles. The summed E-state index contributed by atoms with van der Waals surface area (Å²) in [4.78, 5) is 52.4. The Bertz CT molecular complexity index is 800. The lowest BCUT2D eigenvalue weighted by molar-refractivity contribution is -0.140. The van der Waals surface area contributed by atoms with E-state index < -0.39 is 29.7 Å². The third kappa shape index (κ3) is 5.02. The summed E-state index contributed by atoms with van der Waals surface area (Å²) < 4.78 is 0. The third-order valence-electron chi connectivity index (χ3n) is 6.36. The van der Waals surface area contributed by atoms with E-state index >= 15 is 0 Å². The molecule has 0 radical (unpaired) electrons. The van der Waals surface area contributed by atoms with E-state index in [1.165, 1.54) is 4.90 Å². The van der Waals surface area contributed by atoms with Gasteiger partial charge in [0.1, 0.15) is 12.1 Å². The number of hydrogen-bond donors (Lipinski definition) is 4. The summed E-state index contributed by atoms with van der Waals surface area (Å²) in [6.07, 6.45) is 4.07. The van der Waals surface area contributed by atoms with Crippen molar-refractivity contribution in [2.75, 3.05) is 6.54 Å². The summed E-state index contributed by atoms with van der Waals surface area (Å²) in [7, 11) is 0. The summed E-state index contributed by atoms with van der Waals surface area (Å²) in [6, 6.07) is -2.41. The quantitative estimate of drug-likeness (QED) is 0.512. The Morgan fingerprint density at radius 1 is 1.23 bits per heavy atom. The first kappa shape index (κ1) is 23.1. The topological polar surface area (TPSA) is 134 Å². The van der Waals surface area contributed by atoms with Crippen molar-refractivity contribution in [2.45, 2.75) is 89.9 Å². The van der Waals surface area contributed by atoms with E-state index in [0.29, 0.717) is 37.9 Å². The van der Waals surface area contributed by atoms with E-state index in [0.717, 1.165) is 18.4 Å². The number of rotatable bonds is 5. The maximum absolute atomic E-state index is 13.1. The fourth-order valence-electron chi connectivity index (χ4n) is 4.61. The van der Waals surface area contributed by atoms with Crippen molar-refractivity contribution >= 4 is 23.6 Å². The van der Waals surface area contributed by atoms with Gasteiger partial charge in [-0.15, -0.1) is 0 Å². The molecule has 9 heteroatoms. The second-order valence-corrected chi connectivity index (χ2v) is 9.83. The van der Waals surface area contributed by atoms with Gasteiger partial charge in [-0.05, 0) is 70.8 Å². The zero-order valence-corrected chi connectivity index (χ0v) is 18.9. The lowest BCUT2D eigenvalue weighted by Crippen LogP contribution is -2.58. The maximum Gasteiger partial charge on any atom is 0.315 e. The Kier molecular flexibility index (Phi) is 6.62. The average molecular weight is 434 g/mol. The van der Waals surface area contributed by atoms with Crippen molar-refractivity contribution in [3.63, 3.8) is 0 Å². The molecule has 3 aliphatic rings. The van der Waals surface area contributed by atoms with E-state index in [4.69, 9.17) is 5.73 Å². The number of carbonyl (C=O) groups is 4. The number of nitrogens with zero attached hydrogens (tertiary/aromatic N) is 1. The largest absolute Gasteiger partial charge is 0.396 e. The molecule has 2 fully saturated rings. The van der Waals surface area contributed by atoms with Gasteiger partial charge in [0.2, 0.25) is 17.6 Å². The summed E-state index contributed by atoms with van der Waals surface area (Å²) in [5.74, 6) is -0.546. The Balaban J connectivity index is 1.63. The van der Waals surface area contributed by atoms with Gasteiger partial charge in [0.15, 0.2) is 0 Å². The number of allylic oxidation sites excluding steroid dienone is 1. The molecule has 0 aromatic heterocycles. The molecule has 0 spiro atoms. The number of carbonyl (C=O) groups excluding carboxylic acids is 4. The van der Waals surface area contributed by atoms with Gasteiger partial charge in [-0.3, -0.25) is 14.4 Å². The maximum atomic E-state index is 13.1. The first-order valence-electron chi connectivity index (χ1n) is 11.2. The van der Waals surface area contributed by atoms with Crippen molar-refractivity contribution in [1.82, 2.24) is 20.9 Å². The van der Waals surface area contributed by atoms with Gasteiger partial charge in [-0.2, -0.15) is 0 Å². The molecule has 31 heavy (non-hydrogen) atoms. The summed E-state index contributed by atoms with van der Waals surface area (Å²) >= 11 is 0. The zero-order chi connectivity index (χ0) is 22.9. The van der Waals surface area contributed by atoms with Crippen LogP contribution in [0.2, 0.25) is 0 Å². The van der Waals surface area contributed by atoms with Crippen LogP contribution in [-0.2, 0) is 14.4 Å². The molecule has 1 unspecified atom stereocenters. The Labute approximate surface area is 183 Å². The molecule has 1 heterocycles. The van der Waals surface area contributed by atoms with E-state index in [-0.39, 0.29) is 23.5 Å². The number of nitrogens with two attached hydrogens (primary N) is 1. The minimum atomic E-state index is -0.719. The van der Waals surface area contributed by atoms with E-state index in [9.17, 15) is 19.2 Å². The van der Waals surface area contributed by atoms with Crippen LogP contribution in [0.4, 0.5) is 4.79 Å². The molecule has 1 saturated carbocycles. The number of amides is 4. The highest BCUT2D eigenvalue weighted by Crippen LogP contribution is 2.41. The van der Waals surface area contributed by atoms with Gasteiger partial charge in [-0.25, -0.2) is 4.79 Å². The van der Waals surface area contributed by atoms with Crippen molar-refractivity contribution < 1.29 is 19.2 Å². The number of Topliss-reactive ketones (excluding diaryl/α,β-unsaturated/α-hetero) is 1. The van der Waals surface area contributed by atoms with Crippen LogP contribution in [0.5, 0.6) is 0 Å². The van der Waals surface area contributed by atoms with Crippen LogP contribution in [0, 0.1) is 5.92 Å². The third-order valence-corrected chi connectivity index (χ3v) is 6.36. The van der Waals surface area contributed by atoms with Crippen molar-refractivity contribution in [3.8, 4) is 0 Å². The van der Waals surface area contributed by atoms with Crippen molar-refractivity contribution in [1.29, 1.82) is 0 Å². The SMILES string of the molecule is CC[C@H](NC(=O)NC(C)(C)C)C(=O)N1CCC[C@H]1C(=O)N[C@@H]1CC2CCC2=C(N)C1=O. The molecule has 0 bridgehead atoms. The fourth-order valence-corrected chi connectivity index (χ4v) is 4.61. The van der Waals surface area contributed by atoms with Gasteiger partial charge in [-0.1, -0.05) is 6.92 Å². The molecule has 1 aliphatic heterocycles. The molecule has 3 rings (SSSR count). The highest BCUT2D eigenvalue weighted by molar-refractivity contribution is 6.03. The van der Waals surface area contributed by atoms with Crippen molar-refractivity contribution in [2.24, 2.45) is 11.7 Å². The minimum absolute atomic E-state index is 0.220. The van der Waals surface area contributed by atoms with E-state index in [2.05, 4.69) is 16.0 Å². The predicted octanol–water partition coefficient (Wildman–Crippen LogP) is 0.934. The Morgan fingerprint density at radius 3 is 2.52 bits per heavy atom. The zero-order valence-electron chi connectivity index (χ0n) is 18.9. The smallest absolute Gasteiger partial charge is 0.315 e. The highest BCUT2D eigenvalue weighted by Gasteiger charge is 2.42. The highest BCUT2D eigenvalue weighted by atomic mass is 16.2. The Morgan fingerprint density at radius 2 is 1.94 bits per heavy atom. The van der Waals surface area contributed by atoms with Gasteiger partial charge in [0, 0.05) is 12.1 Å². The monoisotopic (exact) mass is 433 g/mol. The number of ketones is 1. The predicted molar refractivity (Wildman–Crippen MR) is 116 cm³/mol. The molecule has 9 nitrogen and oxygen atoms in total. The number of hydrogen-bond acceptors (Lipinski definition) is 5. The first-order valence-corrected chi connectivity index (χ1v) is 11.2. The molecular formula is C22H35N5O4. The lowest BCUT2D eigenvalue weighted by atomic mass is 9.69. The molecule has 0 aromatic rings. The number of fused-ring (bicyclic) bond motifs is 1. The number of likely N-dealkylation sites (tertiary alicyclic amines) is 1. The van der Waals surface area contributed by atoms with Crippen LogP contribution in [0.1, 0.15) is 66.2 Å². The van der Waals surface area contributed by atoms with Crippen LogP contribution in [-0.4, -0.2) is 58.7 Å². The summed E-state index contributed by atoms with van der Waals surface area (Å²) in [5, 5.41) is 8.35. The average Bonchev–Trinajstić information content (AvgIpc) is 3.14. The molecule has 1 saturated heterocycles. The van der Waals surface area contributed by atoms with E-state index in [1.54, 1.807) is 0 Å². The molecule has 172 valence electrons. The van der Waals surface area contributed by atoms with Crippen LogP contribution >= 0.6 is 0 Å². The fraction of sp³-hybridized carbons (Fsp3) is 0.727. The number of nitrogens with one attached hydrogen (secondary N) is 3. The molecule has 4 amide bonds. The second kappa shape index (κ2) is 8.88. The Hall–Kier alpha value is -2.58. The minimum Gasteiger partial charge on any atom is -0.396 e. The molecule has 4 atom stereocenters. The van der Waals surface area contributed by atoms with Crippen molar-refractivity contribution in [3.05, 3.63) is 11.3 Å². The van der Waals surface area contributed by atoms with Crippen LogP contribution in [0.15, 0.2) is 11.3 Å². The standard InChI is InChI=1S/C22H35N5O4/c1-5-14(25-21(31)26-22(2,3)4)20(30)27-10-6-7-16(27)19(29)24-15-11-12-8-9-13(12)17(23)18(15)28/h12,14-16H,5-11,23H2,1-4H3,(H,24,29)(H2,25,26,31)/t12?,14-,15+,16-/m0/s1. The van der Waals surface area contributed by atoms with Gasteiger partial charge in [0.25, 0.3) is 0 Å². The lowest BCUT2D eigenvalue weighted by Gasteiger charge is -2.39. The van der Waals surface area contributed by atoms with E-state index in [1.807, 2.05) is 27.7 Å². The van der Waals surface area contributed by atoms with Gasteiger partial charge < -0.3 is 26.6 Å². The summed E-state index contributed by atoms with van der Waals surface area (Å²) in [5.41, 5.74) is 6.87. The first-order chi connectivity index (χ1) is 14.5. The molecule has 5 N–H and O–H groups in total. The second-order valence-electron chi connectivity index (χ2n) is 9.83. The normalized spacial score (nSPS) is 26.6. The van der Waals surface area contributed by atoms with Gasteiger partial charge >= 0.3 is 6.03 Å². The van der Waals surface area contributed by atoms with Crippen LogP contribution in [0.3, 0.4) is 0 Å². The van der Waals surface area contributed by atoms with Crippen LogP contribution in [0.25, 0.3) is 0 Å². The number of urea groups is 1. The van der Waals surface area contributed by atoms with Crippen LogP contribution < -0.4 is 21.7 Å². The molecule has 2 aliphatic carbocycles. The summed E-state index contributed by atoms with van der Waals surface area (Å²) in [6.45, 7) is 7.84.